The summed E-state index contributed by atoms with van der Waals surface area (Å²) in [7, 11) is -0.607. The molecular formula is C31H32BNO4. The van der Waals surface area contributed by atoms with Gasteiger partial charge in [0.15, 0.2) is 0 Å². The molecule has 1 amide bonds. The normalized spacial score (nSPS) is 16.8. The molecule has 1 heterocycles. The van der Waals surface area contributed by atoms with Crippen molar-refractivity contribution < 1.29 is 18.8 Å². The van der Waals surface area contributed by atoms with Crippen molar-refractivity contribution >= 4 is 40.8 Å². The quantitative estimate of drug-likeness (QED) is 0.234. The van der Waals surface area contributed by atoms with Crippen LogP contribution in [0.5, 0.6) is 0 Å². The molecule has 5 rings (SSSR count). The van der Waals surface area contributed by atoms with Crippen molar-refractivity contribution in [3.8, 4) is 0 Å². The summed E-state index contributed by atoms with van der Waals surface area (Å²) in [4.78, 5) is 12.6. The van der Waals surface area contributed by atoms with E-state index in [0.717, 1.165) is 27.4 Å². The van der Waals surface area contributed by atoms with E-state index in [1.165, 1.54) is 10.8 Å². The van der Waals surface area contributed by atoms with Crippen molar-refractivity contribution in [2.24, 2.45) is 0 Å². The Balaban J connectivity index is 1.47. The van der Waals surface area contributed by atoms with Gasteiger partial charge in [-0.05, 0) is 71.9 Å². The molecule has 5 nitrogen and oxygen atoms in total. The molecule has 4 aromatic rings. The lowest BCUT2D eigenvalue weighted by molar-refractivity contribution is 0.00578. The van der Waals surface area contributed by atoms with E-state index < -0.39 is 24.4 Å². The number of ether oxygens (including phenoxy) is 1. The van der Waals surface area contributed by atoms with Gasteiger partial charge < -0.3 is 19.4 Å². The van der Waals surface area contributed by atoms with Gasteiger partial charge in [-0.1, -0.05) is 84.9 Å². The molecule has 1 aliphatic heterocycles. The van der Waals surface area contributed by atoms with Crippen LogP contribution in [0, 0.1) is 0 Å². The summed E-state index contributed by atoms with van der Waals surface area (Å²) >= 11 is 0. The number of amides is 1. The largest absolute Gasteiger partial charge is 0.492 e. The van der Waals surface area contributed by atoms with E-state index in [1.807, 2.05) is 70.2 Å². The Kier molecular flexibility index (Phi) is 6.80. The highest BCUT2D eigenvalue weighted by Crippen LogP contribution is 2.39. The topological polar surface area (TPSA) is 56.8 Å². The van der Waals surface area contributed by atoms with Gasteiger partial charge in [-0.2, -0.15) is 0 Å². The van der Waals surface area contributed by atoms with Crippen LogP contribution in [0.25, 0.3) is 27.6 Å². The molecule has 1 saturated heterocycles. The van der Waals surface area contributed by atoms with Gasteiger partial charge in [0.1, 0.15) is 6.61 Å². The maximum atomic E-state index is 12.6. The van der Waals surface area contributed by atoms with Crippen molar-refractivity contribution in [3.63, 3.8) is 0 Å². The number of carbonyl (C=O) groups is 1. The van der Waals surface area contributed by atoms with Gasteiger partial charge in [0.25, 0.3) is 0 Å². The molecule has 0 spiro atoms. The van der Waals surface area contributed by atoms with Crippen LogP contribution in [0.1, 0.15) is 38.8 Å². The number of hydrogen-bond donors (Lipinski definition) is 1. The van der Waals surface area contributed by atoms with Gasteiger partial charge >= 0.3 is 13.2 Å². The summed E-state index contributed by atoms with van der Waals surface area (Å²) in [5, 5.41) is 7.56. The fraction of sp³-hybridized carbons (Fsp3) is 0.258. The smallest absolute Gasteiger partial charge is 0.445 e. The molecule has 37 heavy (non-hydrogen) atoms. The number of carbonyl (C=O) groups excluding carboxylic acids is 1. The summed E-state index contributed by atoms with van der Waals surface area (Å²) in [6.45, 7) is 8.54. The first kappa shape index (κ1) is 25.1. The number of benzene rings is 4. The Morgan fingerprint density at radius 1 is 0.838 bits per heavy atom. The van der Waals surface area contributed by atoms with Crippen LogP contribution < -0.4 is 5.32 Å². The highest BCUT2D eigenvalue weighted by atomic mass is 16.7. The van der Waals surface area contributed by atoms with E-state index in [-0.39, 0.29) is 13.2 Å². The van der Waals surface area contributed by atoms with E-state index in [4.69, 9.17) is 14.0 Å². The number of alkyl carbamates (subject to hydrolysis) is 1. The first-order valence-electron chi connectivity index (χ1n) is 12.6. The summed E-state index contributed by atoms with van der Waals surface area (Å²) in [5.41, 5.74) is 1.78. The highest BCUT2D eigenvalue weighted by molar-refractivity contribution is 6.56. The van der Waals surface area contributed by atoms with E-state index in [2.05, 4.69) is 53.9 Å². The molecule has 0 atom stereocenters. The average molecular weight is 493 g/mol. The second kappa shape index (κ2) is 10.0. The minimum atomic E-state index is -0.607. The van der Waals surface area contributed by atoms with Gasteiger partial charge in [-0.3, -0.25) is 0 Å². The Bertz CT molecular complexity index is 1450. The molecule has 1 fully saturated rings. The van der Waals surface area contributed by atoms with Gasteiger partial charge in [0.05, 0.1) is 11.2 Å². The predicted molar refractivity (Wildman–Crippen MR) is 150 cm³/mol. The maximum Gasteiger partial charge on any atom is 0.492 e. The first-order valence-corrected chi connectivity index (χ1v) is 12.6. The zero-order chi connectivity index (χ0) is 26.0. The average Bonchev–Trinajstić information content (AvgIpc) is 3.12. The number of hydrogen-bond acceptors (Lipinski definition) is 4. The summed E-state index contributed by atoms with van der Waals surface area (Å²) < 4.78 is 18.2. The van der Waals surface area contributed by atoms with Crippen LogP contribution in [0.15, 0.2) is 90.4 Å². The standard InChI is InChI=1S/C31H32BNO4/c1-30(2)31(3,4)37-32(36-30)25(20-33-29(34)35-21-22-12-6-5-7-13-22)19-24-18-23-14-8-9-15-26(23)28-17-11-10-16-27(24)28/h5-19H,20-21H2,1-4H3,(H,33,34). The third kappa shape index (κ3) is 5.26. The van der Waals surface area contributed by atoms with Crippen LogP contribution in [0.4, 0.5) is 4.79 Å². The van der Waals surface area contributed by atoms with Crippen LogP contribution >= 0.6 is 0 Å². The minimum Gasteiger partial charge on any atom is -0.445 e. The second-order valence-electron chi connectivity index (χ2n) is 10.5. The molecule has 0 unspecified atom stereocenters. The van der Waals surface area contributed by atoms with Crippen molar-refractivity contribution in [2.75, 3.05) is 6.54 Å². The third-order valence-corrected chi connectivity index (χ3v) is 7.35. The van der Waals surface area contributed by atoms with Crippen LogP contribution in [-0.4, -0.2) is 31.0 Å². The lowest BCUT2D eigenvalue weighted by atomic mass is 9.76. The third-order valence-electron chi connectivity index (χ3n) is 7.35. The Labute approximate surface area is 218 Å². The Hall–Kier alpha value is -3.61. The zero-order valence-corrected chi connectivity index (χ0v) is 21.8. The molecule has 6 heteroatoms. The van der Waals surface area contributed by atoms with Crippen molar-refractivity contribution in [1.29, 1.82) is 0 Å². The van der Waals surface area contributed by atoms with Gasteiger partial charge in [0, 0.05) is 6.54 Å². The maximum absolute atomic E-state index is 12.6. The van der Waals surface area contributed by atoms with Crippen LogP contribution in [-0.2, 0) is 20.7 Å². The summed E-state index contributed by atoms with van der Waals surface area (Å²) in [6, 6.07) is 28.5. The molecule has 0 aliphatic carbocycles. The minimum absolute atomic E-state index is 0.206. The number of nitrogens with one attached hydrogen (secondary N) is 1. The first-order chi connectivity index (χ1) is 17.7. The molecule has 1 aliphatic rings. The van der Waals surface area contributed by atoms with Crippen LogP contribution in [0.2, 0.25) is 0 Å². The van der Waals surface area contributed by atoms with Crippen molar-refractivity contribution in [3.05, 3.63) is 102 Å². The van der Waals surface area contributed by atoms with Crippen molar-refractivity contribution in [1.82, 2.24) is 5.32 Å². The molecule has 0 radical (unpaired) electrons. The molecule has 0 bridgehead atoms. The van der Waals surface area contributed by atoms with E-state index in [1.54, 1.807) is 0 Å². The van der Waals surface area contributed by atoms with Crippen molar-refractivity contribution in [2.45, 2.75) is 45.5 Å². The molecule has 188 valence electrons. The number of fused-ring (bicyclic) bond motifs is 3. The lowest BCUT2D eigenvalue weighted by Crippen LogP contribution is -2.41. The molecular weight excluding hydrogens is 461 g/mol. The summed E-state index contributed by atoms with van der Waals surface area (Å²) in [6.07, 6.45) is 1.59. The fourth-order valence-corrected chi connectivity index (χ4v) is 4.55. The van der Waals surface area contributed by atoms with Gasteiger partial charge in [-0.25, -0.2) is 4.79 Å². The van der Waals surface area contributed by atoms with Gasteiger partial charge in [-0.15, -0.1) is 0 Å². The molecule has 4 aromatic carbocycles. The fourth-order valence-electron chi connectivity index (χ4n) is 4.55. The number of rotatable bonds is 6. The van der Waals surface area contributed by atoms with E-state index >= 15 is 0 Å². The molecule has 1 N–H and O–H groups in total. The summed E-state index contributed by atoms with van der Waals surface area (Å²) in [5.74, 6) is 0. The predicted octanol–water partition coefficient (Wildman–Crippen LogP) is 6.93. The highest BCUT2D eigenvalue weighted by Gasteiger charge is 2.52. The molecule has 0 saturated carbocycles. The monoisotopic (exact) mass is 493 g/mol. The van der Waals surface area contributed by atoms with E-state index in [9.17, 15) is 4.79 Å². The lowest BCUT2D eigenvalue weighted by Gasteiger charge is -2.32. The van der Waals surface area contributed by atoms with E-state index in [0.29, 0.717) is 0 Å². The SMILES string of the molecule is CC1(C)OB(C(=Cc2cc3ccccc3c3ccccc23)CNC(=O)OCc2ccccc2)OC1(C)C. The Morgan fingerprint density at radius 2 is 1.43 bits per heavy atom. The van der Waals surface area contributed by atoms with Crippen LogP contribution in [0.3, 0.4) is 0 Å². The second-order valence-corrected chi connectivity index (χ2v) is 10.5. The Morgan fingerprint density at radius 3 is 2.14 bits per heavy atom. The van der Waals surface area contributed by atoms with Gasteiger partial charge in [0.2, 0.25) is 0 Å². The molecule has 0 aromatic heterocycles. The zero-order valence-electron chi connectivity index (χ0n) is 21.8.